The third kappa shape index (κ3) is 9.70. The predicted octanol–water partition coefficient (Wildman–Crippen LogP) is 3.25. The average Bonchev–Trinajstić information content (AvgIpc) is 3.12. The number of aliphatic carboxylic acids is 2. The number of likely N-dealkylation sites (tertiary alicyclic amines) is 1. The molecule has 2 N–H and O–H groups in total. The highest BCUT2D eigenvalue weighted by Crippen LogP contribution is 2.28. The number of fused-ring (bicyclic) bond motifs is 1. The number of hydrogen-bond acceptors (Lipinski definition) is 7. The number of nitrogens with zero attached hydrogens (tertiary/aromatic N) is 4. The van der Waals surface area contributed by atoms with Crippen molar-refractivity contribution in [2.45, 2.75) is 37.3 Å². The molecule has 16 heteroatoms. The van der Waals surface area contributed by atoms with E-state index in [0.29, 0.717) is 12.2 Å². The Balaban J connectivity index is 0.000000317. The number of carboxylic acids is 2. The van der Waals surface area contributed by atoms with Gasteiger partial charge in [0.25, 0.3) is 5.91 Å². The summed E-state index contributed by atoms with van der Waals surface area (Å²) >= 11 is 0. The number of carboxylic acid groups (broad SMARTS) is 2. The van der Waals surface area contributed by atoms with Crippen LogP contribution in [-0.4, -0.2) is 93.7 Å². The maximum absolute atomic E-state index is 12.7. The minimum Gasteiger partial charge on any atom is -0.475 e. The number of amides is 1. The maximum Gasteiger partial charge on any atom is 0.490 e. The van der Waals surface area contributed by atoms with Crippen LogP contribution in [0.5, 0.6) is 0 Å². The van der Waals surface area contributed by atoms with Crippen molar-refractivity contribution in [3.63, 3.8) is 0 Å². The standard InChI is InChI=1S/C19H22N4O2.2C2HF3O2/c24-19(15-3-8-20-9-4-15)22-10-5-17-18(6-11-22)25-13-12-23(17)16-2-1-7-21-14-16;2*3-2(4,5)1(6)7/h1-4,7-9,14,17-18H,5-6,10-13H2;2*(H,6,7)/t17-,18-;;/m1../s1. The Morgan fingerprint density at radius 1 is 0.846 bits per heavy atom. The van der Waals surface area contributed by atoms with Crippen molar-refractivity contribution >= 4 is 23.5 Å². The van der Waals surface area contributed by atoms with E-state index in [1.54, 1.807) is 30.7 Å². The average molecular weight is 566 g/mol. The topological polar surface area (TPSA) is 133 Å². The fourth-order valence-corrected chi connectivity index (χ4v) is 3.80. The van der Waals surface area contributed by atoms with E-state index in [9.17, 15) is 31.1 Å². The van der Waals surface area contributed by atoms with Crippen LogP contribution in [0.3, 0.4) is 0 Å². The molecule has 0 bridgehead atoms. The van der Waals surface area contributed by atoms with Gasteiger partial charge in [-0.15, -0.1) is 0 Å². The van der Waals surface area contributed by atoms with Crippen molar-refractivity contribution in [3.8, 4) is 0 Å². The van der Waals surface area contributed by atoms with E-state index in [1.807, 2.05) is 17.2 Å². The van der Waals surface area contributed by atoms with Gasteiger partial charge in [0.2, 0.25) is 0 Å². The number of pyridine rings is 2. The van der Waals surface area contributed by atoms with Gasteiger partial charge in [-0.1, -0.05) is 0 Å². The molecule has 0 aromatic carbocycles. The summed E-state index contributed by atoms with van der Waals surface area (Å²) in [7, 11) is 0. The molecule has 39 heavy (non-hydrogen) atoms. The van der Waals surface area contributed by atoms with Crippen molar-refractivity contribution in [1.82, 2.24) is 14.9 Å². The van der Waals surface area contributed by atoms with Crippen LogP contribution in [-0.2, 0) is 14.3 Å². The van der Waals surface area contributed by atoms with Crippen LogP contribution < -0.4 is 4.90 Å². The zero-order valence-electron chi connectivity index (χ0n) is 20.1. The van der Waals surface area contributed by atoms with Crippen molar-refractivity contribution in [2.24, 2.45) is 0 Å². The molecule has 2 aliphatic rings. The number of morpholine rings is 1. The molecule has 2 atom stereocenters. The van der Waals surface area contributed by atoms with Gasteiger partial charge in [0.05, 0.1) is 30.6 Å². The number of alkyl halides is 6. The summed E-state index contributed by atoms with van der Waals surface area (Å²) in [6, 6.07) is 7.90. The second kappa shape index (κ2) is 13.7. The number of anilines is 1. The first-order chi connectivity index (χ1) is 18.2. The molecule has 0 radical (unpaired) electrons. The molecule has 0 aliphatic carbocycles. The lowest BCUT2D eigenvalue weighted by Gasteiger charge is -2.41. The Bertz CT molecular complexity index is 1060. The van der Waals surface area contributed by atoms with E-state index in [2.05, 4.69) is 20.9 Å². The van der Waals surface area contributed by atoms with Gasteiger partial charge in [-0.05, 0) is 37.1 Å². The van der Waals surface area contributed by atoms with Crippen molar-refractivity contribution in [1.29, 1.82) is 0 Å². The zero-order chi connectivity index (χ0) is 29.2. The Morgan fingerprint density at radius 3 is 1.92 bits per heavy atom. The van der Waals surface area contributed by atoms with Gasteiger partial charge >= 0.3 is 24.3 Å². The second-order valence-corrected chi connectivity index (χ2v) is 8.09. The maximum atomic E-state index is 12.7. The second-order valence-electron chi connectivity index (χ2n) is 8.09. The summed E-state index contributed by atoms with van der Waals surface area (Å²) in [5.74, 6) is -5.44. The molecule has 2 saturated heterocycles. The van der Waals surface area contributed by atoms with Crippen LogP contribution in [0.15, 0.2) is 49.1 Å². The molecule has 2 aliphatic heterocycles. The quantitative estimate of drug-likeness (QED) is 0.526. The number of rotatable bonds is 2. The predicted molar refractivity (Wildman–Crippen MR) is 122 cm³/mol. The number of carbonyl (C=O) groups is 3. The minimum atomic E-state index is -5.08. The fourth-order valence-electron chi connectivity index (χ4n) is 3.80. The molecule has 2 aromatic heterocycles. The summed E-state index contributed by atoms with van der Waals surface area (Å²) in [5, 5.41) is 14.2. The zero-order valence-corrected chi connectivity index (χ0v) is 20.1. The van der Waals surface area contributed by atoms with Gasteiger partial charge < -0.3 is 24.7 Å². The molecule has 10 nitrogen and oxygen atoms in total. The normalized spacial score (nSPS) is 19.2. The Hall–Kier alpha value is -3.95. The molecule has 2 aromatic rings. The van der Waals surface area contributed by atoms with E-state index >= 15 is 0 Å². The van der Waals surface area contributed by atoms with Crippen LogP contribution in [0.2, 0.25) is 0 Å². The van der Waals surface area contributed by atoms with Crippen molar-refractivity contribution in [3.05, 3.63) is 54.6 Å². The number of ether oxygens (including phenoxy) is 1. The van der Waals surface area contributed by atoms with Crippen LogP contribution in [0, 0.1) is 0 Å². The fraction of sp³-hybridized carbons (Fsp3) is 0.435. The van der Waals surface area contributed by atoms with Gasteiger partial charge in [0, 0.05) is 43.8 Å². The molecule has 4 rings (SSSR count). The molecule has 4 heterocycles. The molecule has 214 valence electrons. The van der Waals surface area contributed by atoms with Crippen LogP contribution in [0.25, 0.3) is 0 Å². The first kappa shape index (κ1) is 31.3. The molecule has 0 unspecified atom stereocenters. The molecule has 1 amide bonds. The highest BCUT2D eigenvalue weighted by atomic mass is 19.4. The summed E-state index contributed by atoms with van der Waals surface area (Å²) in [5.41, 5.74) is 1.83. The molecule has 0 saturated carbocycles. The Kier molecular flexibility index (Phi) is 11.0. The summed E-state index contributed by atoms with van der Waals surface area (Å²) < 4.78 is 69.5. The lowest BCUT2D eigenvalue weighted by molar-refractivity contribution is -0.193. The first-order valence-corrected chi connectivity index (χ1v) is 11.3. The first-order valence-electron chi connectivity index (χ1n) is 11.3. The highest BCUT2D eigenvalue weighted by molar-refractivity contribution is 5.94. The summed E-state index contributed by atoms with van der Waals surface area (Å²) in [6.45, 7) is 3.05. The largest absolute Gasteiger partial charge is 0.490 e. The molecular weight excluding hydrogens is 542 g/mol. The number of hydrogen-bond donors (Lipinski definition) is 2. The number of aromatic nitrogens is 2. The van der Waals surface area contributed by atoms with Gasteiger partial charge in [0.15, 0.2) is 0 Å². The highest BCUT2D eigenvalue weighted by Gasteiger charge is 2.39. The summed E-state index contributed by atoms with van der Waals surface area (Å²) in [4.78, 5) is 43.1. The van der Waals surface area contributed by atoms with Gasteiger partial charge in [-0.3, -0.25) is 14.8 Å². The van der Waals surface area contributed by atoms with E-state index in [0.717, 1.165) is 38.2 Å². The van der Waals surface area contributed by atoms with Gasteiger partial charge in [-0.25, -0.2) is 9.59 Å². The minimum absolute atomic E-state index is 0.0778. The lowest BCUT2D eigenvalue weighted by atomic mass is 10.0. The van der Waals surface area contributed by atoms with E-state index in [4.69, 9.17) is 24.5 Å². The number of carbonyl (C=O) groups excluding carboxylic acids is 1. The van der Waals surface area contributed by atoms with E-state index in [1.165, 1.54) is 0 Å². The van der Waals surface area contributed by atoms with Crippen molar-refractivity contribution in [2.75, 3.05) is 31.1 Å². The van der Waals surface area contributed by atoms with Crippen LogP contribution in [0.4, 0.5) is 32.0 Å². The third-order valence-electron chi connectivity index (χ3n) is 5.55. The Morgan fingerprint density at radius 2 is 1.41 bits per heavy atom. The van der Waals surface area contributed by atoms with Crippen molar-refractivity contribution < 1.29 is 55.7 Å². The smallest absolute Gasteiger partial charge is 0.475 e. The van der Waals surface area contributed by atoms with Gasteiger partial charge in [-0.2, -0.15) is 26.3 Å². The molecule has 0 spiro atoms. The Labute approximate surface area is 217 Å². The summed E-state index contributed by atoms with van der Waals surface area (Å²) in [6.07, 6.45) is -1.22. The van der Waals surface area contributed by atoms with E-state index < -0.39 is 24.3 Å². The monoisotopic (exact) mass is 566 g/mol. The van der Waals surface area contributed by atoms with Crippen LogP contribution >= 0.6 is 0 Å². The van der Waals surface area contributed by atoms with Gasteiger partial charge in [0.1, 0.15) is 0 Å². The SMILES string of the molecule is O=C(O)C(F)(F)F.O=C(O)C(F)(F)F.O=C(c1ccncc1)N1CC[C@@H]2[C@@H](CC1)OCCN2c1cccnc1. The van der Waals surface area contributed by atoms with Crippen LogP contribution in [0.1, 0.15) is 23.2 Å². The number of halogens is 6. The lowest BCUT2D eigenvalue weighted by Crippen LogP contribution is -2.51. The molecule has 2 fully saturated rings. The molecular formula is C23H24F6N4O6. The third-order valence-corrected chi connectivity index (χ3v) is 5.55. The van der Waals surface area contributed by atoms with E-state index in [-0.39, 0.29) is 18.1 Å².